The van der Waals surface area contributed by atoms with Crippen molar-refractivity contribution in [2.75, 3.05) is 0 Å². The fourth-order valence-electron chi connectivity index (χ4n) is 10.9. The summed E-state index contributed by atoms with van der Waals surface area (Å²) in [4.78, 5) is 0. The van der Waals surface area contributed by atoms with Crippen molar-refractivity contribution in [3.05, 3.63) is 216 Å². The summed E-state index contributed by atoms with van der Waals surface area (Å²) >= 11 is 0. The van der Waals surface area contributed by atoms with Crippen LogP contribution in [-0.4, -0.2) is 0 Å². The van der Waals surface area contributed by atoms with Crippen LogP contribution in [0.2, 0.25) is 0 Å². The van der Waals surface area contributed by atoms with Crippen LogP contribution < -0.4 is 0 Å². The molecule has 11 aromatic carbocycles. The summed E-state index contributed by atoms with van der Waals surface area (Å²) in [7, 11) is 0. The van der Waals surface area contributed by atoms with Crippen molar-refractivity contribution in [3.8, 4) is 33.4 Å². The molecule has 252 valence electrons. The largest absolute Gasteiger partial charge is 0.0726 e. The summed E-state index contributed by atoms with van der Waals surface area (Å²) in [5, 5.41) is 15.6. The van der Waals surface area contributed by atoms with E-state index in [1.165, 1.54) is 120 Å². The zero-order valence-corrected chi connectivity index (χ0v) is 30.0. The Morgan fingerprint density at radius 2 is 0.727 bits per heavy atom. The lowest BCUT2D eigenvalue weighted by Crippen LogP contribution is -2.26. The second-order valence-corrected chi connectivity index (χ2v) is 15.5. The van der Waals surface area contributed by atoms with Gasteiger partial charge in [-0.25, -0.2) is 0 Å². The van der Waals surface area contributed by atoms with Crippen LogP contribution in [0.1, 0.15) is 22.3 Å². The highest BCUT2D eigenvalue weighted by atomic mass is 14.5. The summed E-state index contributed by atoms with van der Waals surface area (Å²) in [5.74, 6) is 0. The first-order valence-corrected chi connectivity index (χ1v) is 19.3. The van der Waals surface area contributed by atoms with Gasteiger partial charge in [0.15, 0.2) is 0 Å². The minimum atomic E-state index is -0.399. The minimum absolute atomic E-state index is 0.399. The summed E-state index contributed by atoms with van der Waals surface area (Å²) in [6.07, 6.45) is 0. The van der Waals surface area contributed by atoms with Crippen molar-refractivity contribution in [2.24, 2.45) is 0 Å². The Bertz CT molecular complexity index is 3390. The lowest BCUT2D eigenvalue weighted by molar-refractivity contribution is 0.797. The molecule has 0 atom stereocenters. The molecule has 0 radical (unpaired) electrons. The van der Waals surface area contributed by atoms with E-state index in [4.69, 9.17) is 0 Å². The van der Waals surface area contributed by atoms with Crippen molar-refractivity contribution in [1.82, 2.24) is 0 Å². The smallest absolute Gasteiger partial charge is 0.0619 e. The van der Waals surface area contributed by atoms with E-state index in [-0.39, 0.29) is 0 Å². The predicted molar refractivity (Wildman–Crippen MR) is 233 cm³/mol. The number of hydrogen-bond acceptors (Lipinski definition) is 0. The molecule has 2 aliphatic rings. The van der Waals surface area contributed by atoms with Gasteiger partial charge in [0.25, 0.3) is 0 Å². The number of hydrogen-bond donors (Lipinski definition) is 0. The van der Waals surface area contributed by atoms with Gasteiger partial charge in [0.2, 0.25) is 0 Å². The third-order valence-corrected chi connectivity index (χ3v) is 13.0. The molecule has 13 rings (SSSR count). The normalized spacial score (nSPS) is 13.6. The van der Waals surface area contributed by atoms with E-state index < -0.39 is 5.41 Å². The Morgan fingerprint density at radius 1 is 0.255 bits per heavy atom. The van der Waals surface area contributed by atoms with Gasteiger partial charge in [-0.05, 0) is 138 Å². The van der Waals surface area contributed by atoms with Crippen LogP contribution in [0.4, 0.5) is 0 Å². The minimum Gasteiger partial charge on any atom is -0.0619 e. The first-order chi connectivity index (χ1) is 27.3. The molecule has 2 aliphatic carbocycles. The van der Waals surface area contributed by atoms with Crippen molar-refractivity contribution < 1.29 is 0 Å². The molecular formula is C55H32. The highest BCUT2D eigenvalue weighted by Crippen LogP contribution is 2.63. The first-order valence-electron chi connectivity index (χ1n) is 19.3. The van der Waals surface area contributed by atoms with Crippen molar-refractivity contribution in [1.29, 1.82) is 0 Å². The zero-order chi connectivity index (χ0) is 35.8. The van der Waals surface area contributed by atoms with Gasteiger partial charge < -0.3 is 0 Å². The molecule has 0 unspecified atom stereocenters. The average Bonchev–Trinajstić information content (AvgIpc) is 3.72. The molecule has 0 nitrogen and oxygen atoms in total. The quantitative estimate of drug-likeness (QED) is 0.125. The molecule has 0 saturated carbocycles. The third kappa shape index (κ3) is 3.67. The van der Waals surface area contributed by atoms with Gasteiger partial charge in [-0.1, -0.05) is 176 Å². The van der Waals surface area contributed by atoms with Crippen LogP contribution in [-0.2, 0) is 5.41 Å². The van der Waals surface area contributed by atoms with Crippen molar-refractivity contribution in [2.45, 2.75) is 5.41 Å². The van der Waals surface area contributed by atoms with Gasteiger partial charge in [0, 0.05) is 0 Å². The lowest BCUT2D eigenvalue weighted by Gasteiger charge is -2.31. The average molecular weight is 693 g/mol. The molecule has 1 spiro atoms. The van der Waals surface area contributed by atoms with E-state index in [1.54, 1.807) is 0 Å². The van der Waals surface area contributed by atoms with Gasteiger partial charge in [-0.15, -0.1) is 0 Å². The maximum Gasteiger partial charge on any atom is 0.0726 e. The molecule has 0 amide bonds. The van der Waals surface area contributed by atoms with Gasteiger partial charge in [0.05, 0.1) is 5.41 Å². The summed E-state index contributed by atoms with van der Waals surface area (Å²) in [6.45, 7) is 0. The summed E-state index contributed by atoms with van der Waals surface area (Å²) in [6, 6.07) is 73.4. The molecule has 0 N–H and O–H groups in total. The lowest BCUT2D eigenvalue weighted by atomic mass is 9.69. The molecule has 0 bridgehead atoms. The Morgan fingerprint density at radius 3 is 1.42 bits per heavy atom. The van der Waals surface area contributed by atoms with Crippen LogP contribution in [0.25, 0.3) is 98.0 Å². The molecule has 11 aromatic rings. The molecule has 0 aliphatic heterocycles. The van der Waals surface area contributed by atoms with Crippen LogP contribution >= 0.6 is 0 Å². The predicted octanol–water partition coefficient (Wildman–Crippen LogP) is 14.6. The maximum absolute atomic E-state index is 2.57. The molecular weight excluding hydrogens is 661 g/mol. The second-order valence-electron chi connectivity index (χ2n) is 15.5. The van der Waals surface area contributed by atoms with Gasteiger partial charge >= 0.3 is 0 Å². The Balaban J connectivity index is 1.15. The van der Waals surface area contributed by atoms with Crippen LogP contribution in [0.3, 0.4) is 0 Å². The summed E-state index contributed by atoms with van der Waals surface area (Å²) < 4.78 is 0. The van der Waals surface area contributed by atoms with Gasteiger partial charge in [0.1, 0.15) is 0 Å². The van der Waals surface area contributed by atoms with E-state index in [0.29, 0.717) is 0 Å². The van der Waals surface area contributed by atoms with E-state index in [2.05, 4.69) is 194 Å². The molecule has 0 aromatic heterocycles. The molecule has 55 heavy (non-hydrogen) atoms. The molecule has 0 fully saturated rings. The highest BCUT2D eigenvalue weighted by molar-refractivity contribution is 6.24. The second kappa shape index (κ2) is 10.6. The molecule has 0 heteroatoms. The maximum atomic E-state index is 2.57. The van der Waals surface area contributed by atoms with Crippen LogP contribution in [0.15, 0.2) is 194 Å². The summed E-state index contributed by atoms with van der Waals surface area (Å²) in [5.41, 5.74) is 12.9. The Hall–Kier alpha value is -7.02. The monoisotopic (exact) mass is 692 g/mol. The molecule has 0 saturated heterocycles. The van der Waals surface area contributed by atoms with Crippen LogP contribution in [0.5, 0.6) is 0 Å². The standard InChI is InChI=1S/C55H32/c1-2-14-39-33(12-1)24-25-34-26-28-37(31-46(34)39)51-42-17-3-5-19-44(42)52(45-20-6-4-18-43(45)51)38-30-36-29-27-35-13-11-23-49-53(35)54(36)50(32-38)55(49)47-21-9-7-15-40(47)41-16-8-10-22-48(41)55/h1-32H. The molecule has 0 heterocycles. The third-order valence-electron chi connectivity index (χ3n) is 13.0. The zero-order valence-electron chi connectivity index (χ0n) is 30.0. The number of benzene rings is 11. The fraction of sp³-hybridized carbons (Fsp3) is 0.0182. The first kappa shape index (κ1) is 29.4. The van der Waals surface area contributed by atoms with E-state index in [0.717, 1.165) is 0 Å². The fourth-order valence-corrected chi connectivity index (χ4v) is 10.9. The SMILES string of the molecule is c1ccc2c(c1)-c1ccccc1C21c2cccc3ccc4cc(-c5c6ccccc6c(-c6ccc7ccc8ccccc8c7c6)c6ccccc56)cc1c4c23. The van der Waals surface area contributed by atoms with E-state index in [9.17, 15) is 0 Å². The van der Waals surface area contributed by atoms with Gasteiger partial charge in [-0.3, -0.25) is 0 Å². The number of fused-ring (bicyclic) bond motifs is 12. The van der Waals surface area contributed by atoms with Crippen LogP contribution in [0, 0.1) is 0 Å². The van der Waals surface area contributed by atoms with E-state index in [1.807, 2.05) is 0 Å². The highest BCUT2D eigenvalue weighted by Gasteiger charge is 2.50. The van der Waals surface area contributed by atoms with E-state index >= 15 is 0 Å². The van der Waals surface area contributed by atoms with Gasteiger partial charge in [-0.2, -0.15) is 0 Å². The van der Waals surface area contributed by atoms with Crippen molar-refractivity contribution >= 4 is 64.6 Å². The Kier molecular flexibility index (Phi) is 5.65. The topological polar surface area (TPSA) is 0 Å². The number of rotatable bonds is 2. The van der Waals surface area contributed by atoms with Crippen molar-refractivity contribution in [3.63, 3.8) is 0 Å². The Labute approximate surface area is 318 Å².